The number of carbonyl (C=O) groups is 1. The van der Waals surface area contributed by atoms with E-state index in [4.69, 9.17) is 14.2 Å². The van der Waals surface area contributed by atoms with Crippen LogP contribution in [0.25, 0.3) is 11.6 Å². The normalized spacial score (nSPS) is 13.2. The summed E-state index contributed by atoms with van der Waals surface area (Å²) in [7, 11) is -2.69. The van der Waals surface area contributed by atoms with Crippen LogP contribution in [-0.4, -0.2) is 54.0 Å². The van der Waals surface area contributed by atoms with Crippen molar-refractivity contribution in [3.05, 3.63) is 72.6 Å². The molecule has 0 saturated heterocycles. The maximum Gasteiger partial charge on any atom is 0.263 e. The highest BCUT2D eigenvalue weighted by atomic mass is 32.2. The summed E-state index contributed by atoms with van der Waals surface area (Å²) < 4.78 is 47.5. The number of benzene rings is 2. The number of amides is 1. The SMILES string of the molecule is COc1ccccc1Oc1c(NS(=O)(=O)c2ccc(C(C)(C)C)cc2)nc(-c2ncccn2)nc1OCCC(=O)NC1CC1. The van der Waals surface area contributed by atoms with E-state index >= 15 is 0 Å². The van der Waals surface area contributed by atoms with Gasteiger partial charge >= 0.3 is 0 Å². The quantitative estimate of drug-likeness (QED) is 0.224. The molecule has 5 rings (SSSR count). The van der Waals surface area contributed by atoms with Crippen molar-refractivity contribution in [3.8, 4) is 34.8 Å². The maximum atomic E-state index is 13.7. The summed E-state index contributed by atoms with van der Waals surface area (Å²) in [6.45, 7) is 6.07. The lowest BCUT2D eigenvalue weighted by Gasteiger charge is -2.20. The third-order valence-corrected chi connectivity index (χ3v) is 8.01. The van der Waals surface area contributed by atoms with Crippen molar-refractivity contribution in [1.29, 1.82) is 0 Å². The first kappa shape index (κ1) is 30.7. The molecule has 1 saturated carbocycles. The van der Waals surface area contributed by atoms with Crippen molar-refractivity contribution in [2.24, 2.45) is 0 Å². The fourth-order valence-corrected chi connectivity index (χ4v) is 5.11. The maximum absolute atomic E-state index is 13.7. The fourth-order valence-electron chi connectivity index (χ4n) is 4.10. The van der Waals surface area contributed by atoms with Crippen molar-refractivity contribution in [2.75, 3.05) is 18.4 Å². The topological polar surface area (TPSA) is 155 Å². The Morgan fingerprint density at radius 2 is 1.61 bits per heavy atom. The molecule has 0 aliphatic heterocycles. The number of aromatic nitrogens is 4. The average Bonchev–Trinajstić information content (AvgIpc) is 3.82. The molecule has 44 heavy (non-hydrogen) atoms. The van der Waals surface area contributed by atoms with Crippen LogP contribution in [0.15, 0.2) is 71.9 Å². The molecule has 2 aromatic heterocycles. The average molecular weight is 619 g/mol. The zero-order valence-corrected chi connectivity index (χ0v) is 25.7. The minimum absolute atomic E-state index is 0.0174. The standard InChI is InChI=1S/C31H34N6O6S/c1-31(2,3)20-10-14-22(15-11-20)44(39,40)37-27-26(43-24-9-6-5-8-23(24)41-4)30(42-19-16-25(38)34-21-12-13-21)36-29(35-27)28-32-17-7-18-33-28/h5-11,14-15,17-18,21H,12-13,16,19H2,1-4H3,(H,34,38)(H,35,36,37). The van der Waals surface area contributed by atoms with Crippen LogP contribution >= 0.6 is 0 Å². The van der Waals surface area contributed by atoms with Crippen LogP contribution in [0.5, 0.6) is 23.1 Å². The lowest BCUT2D eigenvalue weighted by molar-refractivity contribution is -0.121. The molecule has 13 heteroatoms. The molecule has 0 bridgehead atoms. The highest BCUT2D eigenvalue weighted by Crippen LogP contribution is 2.41. The summed E-state index contributed by atoms with van der Waals surface area (Å²) in [5.74, 6) is 0.113. The molecule has 12 nitrogen and oxygen atoms in total. The zero-order valence-electron chi connectivity index (χ0n) is 24.9. The van der Waals surface area contributed by atoms with Crippen molar-refractivity contribution in [1.82, 2.24) is 25.3 Å². The summed E-state index contributed by atoms with van der Waals surface area (Å²) in [5.41, 5.74) is 0.813. The van der Waals surface area contributed by atoms with Gasteiger partial charge in [0.25, 0.3) is 15.9 Å². The number of carbonyl (C=O) groups excluding carboxylic acids is 1. The van der Waals surface area contributed by atoms with Crippen LogP contribution < -0.4 is 24.2 Å². The molecular formula is C31H34N6O6S. The Labute approximate surface area is 256 Å². The summed E-state index contributed by atoms with van der Waals surface area (Å²) in [5, 5.41) is 2.91. The minimum Gasteiger partial charge on any atom is -0.493 e. The zero-order chi connectivity index (χ0) is 31.3. The van der Waals surface area contributed by atoms with E-state index in [1.807, 2.05) is 20.8 Å². The smallest absolute Gasteiger partial charge is 0.263 e. The molecule has 0 unspecified atom stereocenters. The predicted molar refractivity (Wildman–Crippen MR) is 163 cm³/mol. The highest BCUT2D eigenvalue weighted by Gasteiger charge is 2.27. The van der Waals surface area contributed by atoms with Crippen molar-refractivity contribution in [3.63, 3.8) is 0 Å². The molecular weight excluding hydrogens is 584 g/mol. The van der Waals surface area contributed by atoms with E-state index < -0.39 is 10.0 Å². The van der Waals surface area contributed by atoms with Gasteiger partial charge in [0.2, 0.25) is 17.5 Å². The third kappa shape index (κ3) is 7.59. The molecule has 2 heterocycles. The molecule has 4 aromatic rings. The lowest BCUT2D eigenvalue weighted by atomic mass is 9.87. The van der Waals surface area contributed by atoms with Gasteiger partial charge < -0.3 is 19.5 Å². The van der Waals surface area contributed by atoms with Gasteiger partial charge in [-0.25, -0.2) is 23.4 Å². The van der Waals surface area contributed by atoms with Gasteiger partial charge in [0.1, 0.15) is 0 Å². The van der Waals surface area contributed by atoms with E-state index in [1.165, 1.54) is 31.6 Å². The second-order valence-electron chi connectivity index (χ2n) is 11.2. The summed E-state index contributed by atoms with van der Waals surface area (Å²) in [6.07, 6.45) is 4.98. The van der Waals surface area contributed by atoms with Crippen LogP contribution in [0, 0.1) is 0 Å². The number of ether oxygens (including phenoxy) is 3. The van der Waals surface area contributed by atoms with E-state index in [-0.39, 0.29) is 70.1 Å². The molecule has 1 aliphatic rings. The number of anilines is 1. The van der Waals surface area contributed by atoms with Gasteiger partial charge in [-0.2, -0.15) is 4.98 Å². The van der Waals surface area contributed by atoms with Crippen LogP contribution in [0.3, 0.4) is 0 Å². The Morgan fingerprint density at radius 1 is 0.932 bits per heavy atom. The Bertz CT molecular complexity index is 1720. The van der Waals surface area contributed by atoms with Gasteiger partial charge in [0.05, 0.1) is 25.0 Å². The molecule has 1 fully saturated rings. The molecule has 1 amide bonds. The van der Waals surface area contributed by atoms with E-state index in [2.05, 4.69) is 30.0 Å². The van der Waals surface area contributed by atoms with Crippen LogP contribution in [0.2, 0.25) is 0 Å². The summed E-state index contributed by atoms with van der Waals surface area (Å²) in [4.78, 5) is 29.7. The monoisotopic (exact) mass is 618 g/mol. The van der Waals surface area contributed by atoms with Gasteiger partial charge in [-0.3, -0.25) is 9.52 Å². The number of hydrogen-bond donors (Lipinski definition) is 2. The number of methoxy groups -OCH3 is 1. The first-order valence-electron chi connectivity index (χ1n) is 14.1. The molecule has 2 N–H and O–H groups in total. The lowest BCUT2D eigenvalue weighted by Crippen LogP contribution is -2.26. The molecule has 1 aliphatic carbocycles. The number of nitrogens with one attached hydrogen (secondary N) is 2. The molecule has 0 atom stereocenters. The molecule has 0 spiro atoms. The van der Waals surface area contributed by atoms with E-state index in [9.17, 15) is 13.2 Å². The first-order valence-corrected chi connectivity index (χ1v) is 15.6. The summed E-state index contributed by atoms with van der Waals surface area (Å²) in [6, 6.07) is 15.2. The van der Waals surface area contributed by atoms with E-state index in [1.54, 1.807) is 42.5 Å². The number of sulfonamides is 1. The Hall–Kier alpha value is -4.78. The Morgan fingerprint density at radius 3 is 2.25 bits per heavy atom. The van der Waals surface area contributed by atoms with Gasteiger partial charge in [-0.1, -0.05) is 45.0 Å². The van der Waals surface area contributed by atoms with Crippen molar-refractivity contribution in [2.45, 2.75) is 56.4 Å². The Balaban J connectivity index is 1.57. The van der Waals surface area contributed by atoms with Crippen LogP contribution in [0.4, 0.5) is 5.82 Å². The molecule has 230 valence electrons. The second kappa shape index (κ2) is 12.8. The second-order valence-corrected chi connectivity index (χ2v) is 12.9. The number of para-hydroxylation sites is 2. The van der Waals surface area contributed by atoms with Gasteiger partial charge in [0, 0.05) is 18.4 Å². The first-order chi connectivity index (χ1) is 21.0. The van der Waals surface area contributed by atoms with Gasteiger partial charge in [-0.15, -0.1) is 0 Å². The van der Waals surface area contributed by atoms with Gasteiger partial charge in [-0.05, 0) is 54.2 Å². The van der Waals surface area contributed by atoms with Crippen LogP contribution in [0.1, 0.15) is 45.6 Å². The minimum atomic E-state index is -4.17. The van der Waals surface area contributed by atoms with Crippen molar-refractivity contribution < 1.29 is 27.4 Å². The predicted octanol–water partition coefficient (Wildman–Crippen LogP) is 4.88. The Kier molecular flexibility index (Phi) is 8.95. The van der Waals surface area contributed by atoms with E-state index in [0.29, 0.717) is 5.75 Å². The largest absolute Gasteiger partial charge is 0.493 e. The fraction of sp³-hybridized carbons (Fsp3) is 0.323. The van der Waals surface area contributed by atoms with E-state index in [0.717, 1.165) is 18.4 Å². The van der Waals surface area contributed by atoms with Gasteiger partial charge in [0.15, 0.2) is 23.1 Å². The number of rotatable bonds is 12. The van der Waals surface area contributed by atoms with Crippen molar-refractivity contribution >= 4 is 21.7 Å². The number of nitrogens with zero attached hydrogens (tertiary/aromatic N) is 4. The molecule has 2 aromatic carbocycles. The third-order valence-electron chi connectivity index (χ3n) is 6.65. The highest BCUT2D eigenvalue weighted by molar-refractivity contribution is 7.92. The summed E-state index contributed by atoms with van der Waals surface area (Å²) >= 11 is 0. The van der Waals surface area contributed by atoms with Crippen LogP contribution in [-0.2, 0) is 20.2 Å². The molecule has 0 radical (unpaired) electrons. The number of hydrogen-bond acceptors (Lipinski definition) is 10.